The van der Waals surface area contributed by atoms with Crippen LogP contribution < -0.4 is 4.90 Å². The molecule has 1 heterocycles. The fraction of sp³-hybridized carbons (Fsp3) is 0.333. The molecule has 1 aliphatic heterocycles. The summed E-state index contributed by atoms with van der Waals surface area (Å²) >= 11 is 0. The van der Waals surface area contributed by atoms with Crippen LogP contribution in [0.4, 0.5) is 5.69 Å². The molecule has 1 atom stereocenters. The molecule has 17 heavy (non-hydrogen) atoms. The van der Waals surface area contributed by atoms with Crippen LogP contribution in [0.15, 0.2) is 18.2 Å². The number of anilines is 1. The third-order valence-corrected chi connectivity index (χ3v) is 2.87. The van der Waals surface area contributed by atoms with E-state index >= 15 is 0 Å². The molecular formula is C12H13NO4. The number of carboxylic acids is 1. The fourth-order valence-electron chi connectivity index (χ4n) is 1.95. The standard InChI is InChI=1S/C12H13NO4/c1-7-2-3-8(4-10(7)12(16)17)13-6-9(14)5-11(13)15/h2-4,9,14H,5-6H2,1H3,(H,16,17). The van der Waals surface area contributed by atoms with E-state index in [0.29, 0.717) is 11.3 Å². The van der Waals surface area contributed by atoms with Gasteiger partial charge in [-0.3, -0.25) is 4.79 Å². The summed E-state index contributed by atoms with van der Waals surface area (Å²) in [5, 5.41) is 18.4. The van der Waals surface area contributed by atoms with Crippen LogP contribution in [0.1, 0.15) is 22.3 Å². The number of carbonyl (C=O) groups excluding carboxylic acids is 1. The summed E-state index contributed by atoms with van der Waals surface area (Å²) in [6, 6.07) is 4.82. The number of aryl methyl sites for hydroxylation is 1. The number of aliphatic hydroxyl groups is 1. The Bertz CT molecular complexity index is 483. The van der Waals surface area contributed by atoms with Crippen molar-refractivity contribution in [1.82, 2.24) is 0 Å². The van der Waals surface area contributed by atoms with E-state index in [9.17, 15) is 14.7 Å². The first-order valence-corrected chi connectivity index (χ1v) is 5.31. The van der Waals surface area contributed by atoms with Crippen LogP contribution in [0.2, 0.25) is 0 Å². The third-order valence-electron chi connectivity index (χ3n) is 2.87. The van der Waals surface area contributed by atoms with Crippen LogP contribution in [-0.4, -0.2) is 34.7 Å². The maximum atomic E-state index is 11.6. The zero-order valence-corrected chi connectivity index (χ0v) is 9.38. The molecule has 1 unspecified atom stereocenters. The first-order chi connectivity index (χ1) is 7.99. The summed E-state index contributed by atoms with van der Waals surface area (Å²) in [6.07, 6.45) is -0.576. The van der Waals surface area contributed by atoms with Gasteiger partial charge in [0.15, 0.2) is 0 Å². The Morgan fingerprint density at radius 2 is 2.18 bits per heavy atom. The molecule has 1 fully saturated rings. The fourth-order valence-corrected chi connectivity index (χ4v) is 1.95. The zero-order chi connectivity index (χ0) is 12.6. The lowest BCUT2D eigenvalue weighted by Crippen LogP contribution is -2.25. The summed E-state index contributed by atoms with van der Waals surface area (Å²) in [5.74, 6) is -1.20. The average molecular weight is 235 g/mol. The predicted molar refractivity (Wildman–Crippen MR) is 61.1 cm³/mol. The van der Waals surface area contributed by atoms with Crippen molar-refractivity contribution in [3.05, 3.63) is 29.3 Å². The molecule has 2 rings (SSSR count). The highest BCUT2D eigenvalue weighted by Crippen LogP contribution is 2.24. The van der Waals surface area contributed by atoms with E-state index < -0.39 is 12.1 Å². The second-order valence-electron chi connectivity index (χ2n) is 4.17. The molecule has 1 aromatic carbocycles. The number of aromatic carboxylic acids is 1. The molecule has 0 bridgehead atoms. The van der Waals surface area contributed by atoms with Crippen LogP contribution in [0.5, 0.6) is 0 Å². The molecular weight excluding hydrogens is 222 g/mol. The molecule has 90 valence electrons. The van der Waals surface area contributed by atoms with E-state index in [2.05, 4.69) is 0 Å². The van der Waals surface area contributed by atoms with Gasteiger partial charge in [-0.2, -0.15) is 0 Å². The van der Waals surface area contributed by atoms with Gasteiger partial charge < -0.3 is 15.1 Å². The molecule has 2 N–H and O–H groups in total. The van der Waals surface area contributed by atoms with Gasteiger partial charge in [-0.05, 0) is 24.6 Å². The van der Waals surface area contributed by atoms with E-state index in [0.717, 1.165) is 0 Å². The number of carbonyl (C=O) groups is 2. The second kappa shape index (κ2) is 4.18. The van der Waals surface area contributed by atoms with E-state index in [1.165, 1.54) is 11.0 Å². The minimum Gasteiger partial charge on any atom is -0.478 e. The van der Waals surface area contributed by atoms with Gasteiger partial charge in [-0.25, -0.2) is 4.79 Å². The molecule has 0 spiro atoms. The Hall–Kier alpha value is -1.88. The van der Waals surface area contributed by atoms with Crippen molar-refractivity contribution in [2.45, 2.75) is 19.4 Å². The minimum absolute atomic E-state index is 0.0935. The lowest BCUT2D eigenvalue weighted by molar-refractivity contribution is -0.117. The number of aliphatic hydroxyl groups excluding tert-OH is 1. The van der Waals surface area contributed by atoms with Crippen molar-refractivity contribution in [3.8, 4) is 0 Å². The molecule has 0 aromatic heterocycles. The molecule has 5 nitrogen and oxygen atoms in total. The lowest BCUT2D eigenvalue weighted by atomic mass is 10.1. The largest absolute Gasteiger partial charge is 0.478 e. The Morgan fingerprint density at radius 1 is 1.47 bits per heavy atom. The minimum atomic E-state index is -1.02. The monoisotopic (exact) mass is 235 g/mol. The Kier molecular flexibility index (Phi) is 2.85. The van der Waals surface area contributed by atoms with Crippen molar-refractivity contribution < 1.29 is 19.8 Å². The van der Waals surface area contributed by atoms with Gasteiger partial charge >= 0.3 is 5.97 Å². The van der Waals surface area contributed by atoms with E-state index in [4.69, 9.17) is 5.11 Å². The predicted octanol–water partition coefficient (Wildman–Crippen LogP) is 0.791. The van der Waals surface area contributed by atoms with Crippen LogP contribution >= 0.6 is 0 Å². The summed E-state index contributed by atoms with van der Waals surface area (Å²) in [5.41, 5.74) is 1.35. The molecule has 1 aromatic rings. The molecule has 1 aliphatic rings. The molecule has 0 aliphatic carbocycles. The number of benzene rings is 1. The van der Waals surface area contributed by atoms with Gasteiger partial charge in [0.2, 0.25) is 5.91 Å². The lowest BCUT2D eigenvalue weighted by Gasteiger charge is -2.17. The molecule has 1 amide bonds. The first-order valence-electron chi connectivity index (χ1n) is 5.31. The maximum absolute atomic E-state index is 11.6. The molecule has 5 heteroatoms. The number of hydrogen-bond acceptors (Lipinski definition) is 3. The summed E-state index contributed by atoms with van der Waals surface area (Å²) in [4.78, 5) is 24.0. The number of nitrogens with zero attached hydrogens (tertiary/aromatic N) is 1. The van der Waals surface area contributed by atoms with Crippen LogP contribution in [0.3, 0.4) is 0 Å². The second-order valence-corrected chi connectivity index (χ2v) is 4.17. The molecule has 1 saturated heterocycles. The van der Waals surface area contributed by atoms with Crippen molar-refractivity contribution in [1.29, 1.82) is 0 Å². The normalized spacial score (nSPS) is 19.8. The quantitative estimate of drug-likeness (QED) is 0.794. The van der Waals surface area contributed by atoms with Crippen molar-refractivity contribution >= 4 is 17.6 Å². The highest BCUT2D eigenvalue weighted by molar-refractivity contribution is 5.98. The molecule has 0 saturated carbocycles. The SMILES string of the molecule is Cc1ccc(N2CC(O)CC2=O)cc1C(=O)O. The Morgan fingerprint density at radius 3 is 2.71 bits per heavy atom. The average Bonchev–Trinajstić information content (AvgIpc) is 2.58. The first kappa shape index (κ1) is 11.6. The van der Waals surface area contributed by atoms with E-state index in [-0.39, 0.29) is 24.4 Å². The molecule has 0 radical (unpaired) electrons. The Labute approximate surface area is 98.3 Å². The van der Waals surface area contributed by atoms with E-state index in [1.807, 2.05) is 0 Å². The summed E-state index contributed by atoms with van der Waals surface area (Å²) < 4.78 is 0. The highest BCUT2D eigenvalue weighted by atomic mass is 16.4. The van der Waals surface area contributed by atoms with Crippen molar-refractivity contribution in [2.24, 2.45) is 0 Å². The van der Waals surface area contributed by atoms with Gasteiger partial charge in [0.1, 0.15) is 0 Å². The number of hydrogen-bond donors (Lipinski definition) is 2. The highest BCUT2D eigenvalue weighted by Gasteiger charge is 2.29. The third kappa shape index (κ3) is 2.14. The Balaban J connectivity index is 2.37. The van der Waals surface area contributed by atoms with E-state index in [1.54, 1.807) is 19.1 Å². The number of carboxylic acid groups (broad SMARTS) is 1. The van der Waals surface area contributed by atoms with Crippen molar-refractivity contribution in [3.63, 3.8) is 0 Å². The van der Waals surface area contributed by atoms with Crippen LogP contribution in [0, 0.1) is 6.92 Å². The number of rotatable bonds is 2. The summed E-state index contributed by atoms with van der Waals surface area (Å²) in [7, 11) is 0. The topological polar surface area (TPSA) is 77.8 Å². The smallest absolute Gasteiger partial charge is 0.336 e. The number of β-amino-alcohol motifs (C(OH)–C–C–N with tert-alkyl or cyclic N) is 1. The van der Waals surface area contributed by atoms with Gasteiger partial charge in [-0.15, -0.1) is 0 Å². The maximum Gasteiger partial charge on any atom is 0.336 e. The van der Waals surface area contributed by atoms with Crippen LogP contribution in [0.25, 0.3) is 0 Å². The van der Waals surface area contributed by atoms with Gasteiger partial charge in [0, 0.05) is 5.69 Å². The van der Waals surface area contributed by atoms with Gasteiger partial charge in [0.25, 0.3) is 0 Å². The summed E-state index contributed by atoms with van der Waals surface area (Å²) in [6.45, 7) is 1.93. The van der Waals surface area contributed by atoms with Crippen LogP contribution in [-0.2, 0) is 4.79 Å². The van der Waals surface area contributed by atoms with Crippen molar-refractivity contribution in [2.75, 3.05) is 11.4 Å². The van der Waals surface area contributed by atoms with Gasteiger partial charge in [-0.1, -0.05) is 6.07 Å². The van der Waals surface area contributed by atoms with Gasteiger partial charge in [0.05, 0.1) is 24.6 Å². The zero-order valence-electron chi connectivity index (χ0n) is 9.38. The number of amides is 1.